The van der Waals surface area contributed by atoms with E-state index in [1.54, 1.807) is 7.11 Å². The first-order valence-electron chi connectivity index (χ1n) is 6.08. The lowest BCUT2D eigenvalue weighted by Gasteiger charge is -2.22. The highest BCUT2D eigenvalue weighted by atomic mass is 16.5. The third kappa shape index (κ3) is 5.50. The van der Waals surface area contributed by atoms with Gasteiger partial charge in [0.1, 0.15) is 0 Å². The summed E-state index contributed by atoms with van der Waals surface area (Å²) in [6, 6.07) is 0. The summed E-state index contributed by atoms with van der Waals surface area (Å²) in [6.07, 6.45) is 6.18. The number of likely N-dealkylation sites (N-methyl/N-ethyl adjacent to an activating group) is 1. The maximum absolute atomic E-state index is 9.90. The Morgan fingerprint density at radius 1 is 1.40 bits per heavy atom. The Morgan fingerprint density at radius 3 is 2.67 bits per heavy atom. The Morgan fingerprint density at radius 2 is 2.07 bits per heavy atom. The van der Waals surface area contributed by atoms with Gasteiger partial charge in [0.05, 0.1) is 12.7 Å². The fourth-order valence-electron chi connectivity index (χ4n) is 2.40. The number of hydrogen-bond donors (Lipinski definition) is 1. The molecule has 0 saturated heterocycles. The van der Waals surface area contributed by atoms with Crippen LogP contribution in [0.4, 0.5) is 0 Å². The topological polar surface area (TPSA) is 32.7 Å². The molecule has 0 aromatic heterocycles. The number of aliphatic hydroxyl groups is 1. The van der Waals surface area contributed by atoms with E-state index in [2.05, 4.69) is 4.90 Å². The van der Waals surface area contributed by atoms with E-state index in [1.165, 1.54) is 25.7 Å². The second-order valence-corrected chi connectivity index (χ2v) is 4.80. The lowest BCUT2D eigenvalue weighted by molar-refractivity contribution is 0.0866. The Bertz CT molecular complexity index is 158. The minimum atomic E-state index is -0.157. The van der Waals surface area contributed by atoms with Crippen LogP contribution in [0.15, 0.2) is 0 Å². The summed E-state index contributed by atoms with van der Waals surface area (Å²) in [5, 5.41) is 9.90. The van der Waals surface area contributed by atoms with Crippen molar-refractivity contribution >= 4 is 0 Å². The van der Waals surface area contributed by atoms with Crippen LogP contribution in [0.25, 0.3) is 0 Å². The predicted octanol–water partition coefficient (Wildman–Crippen LogP) is 1.51. The first-order chi connectivity index (χ1) is 7.22. The minimum absolute atomic E-state index is 0.157. The van der Waals surface area contributed by atoms with Gasteiger partial charge in [-0.3, -0.25) is 0 Å². The molecule has 1 N–H and O–H groups in total. The minimum Gasteiger partial charge on any atom is -0.392 e. The molecule has 0 amide bonds. The van der Waals surface area contributed by atoms with Gasteiger partial charge >= 0.3 is 0 Å². The van der Waals surface area contributed by atoms with Crippen molar-refractivity contribution in [3.05, 3.63) is 0 Å². The molecule has 0 aromatic rings. The second-order valence-electron chi connectivity index (χ2n) is 4.80. The Labute approximate surface area is 93.4 Å². The first kappa shape index (κ1) is 12.9. The molecule has 3 heteroatoms. The SMILES string of the molecule is COCCN(C)CC(O)CC1CCCC1. The summed E-state index contributed by atoms with van der Waals surface area (Å²) in [7, 11) is 3.75. The Kier molecular flexibility index (Phi) is 6.22. The summed E-state index contributed by atoms with van der Waals surface area (Å²) >= 11 is 0. The van der Waals surface area contributed by atoms with Crippen LogP contribution in [0.2, 0.25) is 0 Å². The van der Waals surface area contributed by atoms with E-state index >= 15 is 0 Å². The van der Waals surface area contributed by atoms with E-state index in [0.717, 1.165) is 32.0 Å². The molecule has 1 rings (SSSR count). The van der Waals surface area contributed by atoms with Gasteiger partial charge in [0.2, 0.25) is 0 Å². The quantitative estimate of drug-likeness (QED) is 0.698. The van der Waals surface area contributed by atoms with E-state index < -0.39 is 0 Å². The van der Waals surface area contributed by atoms with E-state index in [-0.39, 0.29) is 6.10 Å². The molecule has 0 aromatic carbocycles. The lowest BCUT2D eigenvalue weighted by atomic mass is 10.00. The maximum Gasteiger partial charge on any atom is 0.0669 e. The standard InChI is InChI=1S/C12H25NO2/c1-13(7-8-15-2)10-12(14)9-11-5-3-4-6-11/h11-12,14H,3-10H2,1-2H3. The molecule has 0 radical (unpaired) electrons. The molecule has 15 heavy (non-hydrogen) atoms. The zero-order valence-electron chi connectivity index (χ0n) is 10.1. The highest BCUT2D eigenvalue weighted by molar-refractivity contribution is 4.72. The van der Waals surface area contributed by atoms with Crippen LogP contribution in [-0.2, 0) is 4.74 Å². The Hall–Kier alpha value is -0.120. The van der Waals surface area contributed by atoms with Crippen molar-refractivity contribution in [3.8, 4) is 0 Å². The molecule has 1 unspecified atom stereocenters. The second kappa shape index (κ2) is 7.20. The van der Waals surface area contributed by atoms with Crippen LogP contribution in [0, 0.1) is 5.92 Å². The van der Waals surface area contributed by atoms with Crippen molar-refractivity contribution in [2.24, 2.45) is 5.92 Å². The van der Waals surface area contributed by atoms with Crippen LogP contribution < -0.4 is 0 Å². The van der Waals surface area contributed by atoms with E-state index in [9.17, 15) is 5.11 Å². The summed E-state index contributed by atoms with van der Waals surface area (Å²) in [6.45, 7) is 2.42. The molecule has 0 heterocycles. The van der Waals surface area contributed by atoms with Gasteiger partial charge in [0.25, 0.3) is 0 Å². The smallest absolute Gasteiger partial charge is 0.0669 e. The molecular formula is C12H25NO2. The summed E-state index contributed by atoms with van der Waals surface area (Å²) in [5.41, 5.74) is 0. The predicted molar refractivity (Wildman–Crippen MR) is 62.0 cm³/mol. The molecule has 0 bridgehead atoms. The molecule has 1 fully saturated rings. The largest absolute Gasteiger partial charge is 0.392 e. The highest BCUT2D eigenvalue weighted by Crippen LogP contribution is 2.28. The molecule has 0 aliphatic heterocycles. The summed E-state index contributed by atoms with van der Waals surface area (Å²) < 4.78 is 5.00. The number of nitrogens with zero attached hydrogens (tertiary/aromatic N) is 1. The highest BCUT2D eigenvalue weighted by Gasteiger charge is 2.19. The first-order valence-corrected chi connectivity index (χ1v) is 6.08. The normalized spacial score (nSPS) is 20.0. The van der Waals surface area contributed by atoms with E-state index in [1.807, 2.05) is 7.05 Å². The average Bonchev–Trinajstić information content (AvgIpc) is 2.67. The number of ether oxygens (including phenoxy) is 1. The van der Waals surface area contributed by atoms with Gasteiger partial charge in [0, 0.05) is 20.2 Å². The van der Waals surface area contributed by atoms with Gasteiger partial charge in [0.15, 0.2) is 0 Å². The van der Waals surface area contributed by atoms with Crippen LogP contribution in [-0.4, -0.2) is 50.0 Å². The van der Waals surface area contributed by atoms with Crippen LogP contribution >= 0.6 is 0 Å². The van der Waals surface area contributed by atoms with Gasteiger partial charge < -0.3 is 14.7 Å². The lowest BCUT2D eigenvalue weighted by Crippen LogP contribution is -2.32. The van der Waals surface area contributed by atoms with Crippen molar-refractivity contribution in [3.63, 3.8) is 0 Å². The van der Waals surface area contributed by atoms with Crippen LogP contribution in [0.3, 0.4) is 0 Å². The maximum atomic E-state index is 9.90. The molecule has 1 atom stereocenters. The molecular weight excluding hydrogens is 190 g/mol. The summed E-state index contributed by atoms with van der Waals surface area (Å²) in [4.78, 5) is 2.14. The third-order valence-corrected chi connectivity index (χ3v) is 3.28. The fourth-order valence-corrected chi connectivity index (χ4v) is 2.40. The molecule has 1 aliphatic rings. The number of rotatable bonds is 7. The van der Waals surface area contributed by atoms with Crippen molar-refractivity contribution in [2.45, 2.75) is 38.2 Å². The third-order valence-electron chi connectivity index (χ3n) is 3.28. The molecule has 1 aliphatic carbocycles. The zero-order valence-corrected chi connectivity index (χ0v) is 10.1. The van der Waals surface area contributed by atoms with Gasteiger partial charge in [-0.05, 0) is 19.4 Å². The molecule has 3 nitrogen and oxygen atoms in total. The van der Waals surface area contributed by atoms with Gasteiger partial charge in [-0.2, -0.15) is 0 Å². The van der Waals surface area contributed by atoms with Gasteiger partial charge in [-0.25, -0.2) is 0 Å². The van der Waals surface area contributed by atoms with Crippen LogP contribution in [0.1, 0.15) is 32.1 Å². The van der Waals surface area contributed by atoms with E-state index in [0.29, 0.717) is 0 Å². The van der Waals surface area contributed by atoms with Crippen molar-refractivity contribution in [1.82, 2.24) is 4.90 Å². The van der Waals surface area contributed by atoms with Gasteiger partial charge in [-0.1, -0.05) is 25.7 Å². The monoisotopic (exact) mass is 215 g/mol. The number of hydrogen-bond acceptors (Lipinski definition) is 3. The number of methoxy groups -OCH3 is 1. The zero-order chi connectivity index (χ0) is 11.1. The number of aliphatic hydroxyl groups excluding tert-OH is 1. The van der Waals surface area contributed by atoms with Crippen LogP contribution in [0.5, 0.6) is 0 Å². The fraction of sp³-hybridized carbons (Fsp3) is 1.00. The van der Waals surface area contributed by atoms with Crippen molar-refractivity contribution < 1.29 is 9.84 Å². The Balaban J connectivity index is 2.08. The van der Waals surface area contributed by atoms with Crippen molar-refractivity contribution in [2.75, 3.05) is 33.9 Å². The summed E-state index contributed by atoms with van der Waals surface area (Å²) in [5.74, 6) is 0.774. The van der Waals surface area contributed by atoms with Gasteiger partial charge in [-0.15, -0.1) is 0 Å². The average molecular weight is 215 g/mol. The molecule has 90 valence electrons. The molecule has 0 spiro atoms. The van der Waals surface area contributed by atoms with E-state index in [4.69, 9.17) is 4.74 Å². The van der Waals surface area contributed by atoms with Crippen molar-refractivity contribution in [1.29, 1.82) is 0 Å². The molecule has 1 saturated carbocycles.